The molecule has 0 spiro atoms. The number of nitrogens with one attached hydrogen (secondary N) is 1. The van der Waals surface area contributed by atoms with Gasteiger partial charge in [0.2, 0.25) is 0 Å². The van der Waals surface area contributed by atoms with E-state index in [9.17, 15) is 4.79 Å². The molecule has 0 aliphatic carbocycles. The van der Waals surface area contributed by atoms with Crippen molar-refractivity contribution < 1.29 is 0 Å². The van der Waals surface area contributed by atoms with Crippen molar-refractivity contribution >= 4 is 38.9 Å². The fourth-order valence-electron chi connectivity index (χ4n) is 1.76. The number of nitrogens with zero attached hydrogens (tertiary/aromatic N) is 1. The molecule has 0 fully saturated rings. The summed E-state index contributed by atoms with van der Waals surface area (Å²) < 4.78 is 3.44. The molecule has 0 radical (unpaired) electrons. The van der Waals surface area contributed by atoms with E-state index in [0.29, 0.717) is 6.54 Å². The average molecular weight is 362 g/mol. The van der Waals surface area contributed by atoms with Crippen molar-refractivity contribution in [2.75, 3.05) is 6.54 Å². The van der Waals surface area contributed by atoms with Crippen LogP contribution in [0.5, 0.6) is 0 Å². The van der Waals surface area contributed by atoms with Gasteiger partial charge in [-0.3, -0.25) is 4.79 Å². The first-order valence-electron chi connectivity index (χ1n) is 5.88. The van der Waals surface area contributed by atoms with Crippen LogP contribution >= 0.6 is 38.9 Å². The number of thiophene rings is 1. The number of pyridine rings is 1. The van der Waals surface area contributed by atoms with Crippen LogP contribution < -0.4 is 10.9 Å². The molecular formula is C13H14BrClN2OS. The zero-order valence-electron chi connectivity index (χ0n) is 10.5. The third kappa shape index (κ3) is 4.18. The van der Waals surface area contributed by atoms with Gasteiger partial charge in [0.1, 0.15) is 0 Å². The third-order valence-corrected chi connectivity index (χ3v) is 4.35. The molecule has 0 saturated carbocycles. The van der Waals surface area contributed by atoms with Crippen LogP contribution in [0, 0.1) is 6.92 Å². The fourth-order valence-corrected chi connectivity index (χ4v) is 3.41. The maximum atomic E-state index is 11.9. The van der Waals surface area contributed by atoms with Crippen molar-refractivity contribution in [3.63, 3.8) is 0 Å². The summed E-state index contributed by atoms with van der Waals surface area (Å²) in [4.78, 5) is 13.1. The third-order valence-electron chi connectivity index (χ3n) is 2.69. The van der Waals surface area contributed by atoms with Crippen molar-refractivity contribution in [3.05, 3.63) is 54.0 Å². The Bertz CT molecular complexity index is 623. The van der Waals surface area contributed by atoms with Gasteiger partial charge in [0.25, 0.3) is 5.56 Å². The van der Waals surface area contributed by atoms with Gasteiger partial charge in [-0.1, -0.05) is 11.6 Å². The molecule has 0 saturated heterocycles. The molecule has 0 bridgehead atoms. The SMILES string of the molecule is Cc1cc(Br)cn(CCNCc2ccc(Cl)s2)c1=O. The molecule has 2 aromatic heterocycles. The number of aryl methyl sites for hydroxylation is 1. The van der Waals surface area contributed by atoms with Crippen LogP contribution in [0.3, 0.4) is 0 Å². The second-order valence-corrected chi connectivity index (χ2v) is 6.94. The van der Waals surface area contributed by atoms with Crippen molar-refractivity contribution in [3.8, 4) is 0 Å². The molecular weight excluding hydrogens is 348 g/mol. The fraction of sp³-hybridized carbons (Fsp3) is 0.308. The Morgan fingerprint density at radius 3 is 2.95 bits per heavy atom. The smallest absolute Gasteiger partial charge is 0.253 e. The lowest BCUT2D eigenvalue weighted by Crippen LogP contribution is -2.27. The van der Waals surface area contributed by atoms with Crippen molar-refractivity contribution in [1.82, 2.24) is 9.88 Å². The largest absolute Gasteiger partial charge is 0.313 e. The monoisotopic (exact) mass is 360 g/mol. The van der Waals surface area contributed by atoms with Gasteiger partial charge in [-0.25, -0.2) is 0 Å². The summed E-state index contributed by atoms with van der Waals surface area (Å²) in [6, 6.07) is 5.74. The molecule has 0 atom stereocenters. The Morgan fingerprint density at radius 1 is 1.47 bits per heavy atom. The van der Waals surface area contributed by atoms with E-state index in [1.54, 1.807) is 15.9 Å². The highest BCUT2D eigenvalue weighted by Gasteiger charge is 2.02. The minimum absolute atomic E-state index is 0.0594. The summed E-state index contributed by atoms with van der Waals surface area (Å²) in [5.74, 6) is 0. The summed E-state index contributed by atoms with van der Waals surface area (Å²) >= 11 is 10.8. The van der Waals surface area contributed by atoms with Gasteiger partial charge in [-0.15, -0.1) is 11.3 Å². The van der Waals surface area contributed by atoms with Crippen LogP contribution in [-0.4, -0.2) is 11.1 Å². The molecule has 0 unspecified atom stereocenters. The van der Waals surface area contributed by atoms with Gasteiger partial charge in [-0.2, -0.15) is 0 Å². The van der Waals surface area contributed by atoms with Gasteiger partial charge < -0.3 is 9.88 Å². The lowest BCUT2D eigenvalue weighted by atomic mass is 10.3. The minimum Gasteiger partial charge on any atom is -0.313 e. The van der Waals surface area contributed by atoms with Crippen LogP contribution in [0.4, 0.5) is 0 Å². The zero-order chi connectivity index (χ0) is 13.8. The predicted molar refractivity (Wildman–Crippen MR) is 84.2 cm³/mol. The number of hydrogen-bond donors (Lipinski definition) is 1. The highest BCUT2D eigenvalue weighted by molar-refractivity contribution is 9.10. The molecule has 0 aliphatic heterocycles. The molecule has 2 aromatic rings. The van der Waals surface area contributed by atoms with Crippen LogP contribution in [0.2, 0.25) is 4.34 Å². The van der Waals surface area contributed by atoms with E-state index in [2.05, 4.69) is 21.2 Å². The van der Waals surface area contributed by atoms with E-state index in [-0.39, 0.29) is 5.56 Å². The van der Waals surface area contributed by atoms with E-state index in [1.807, 2.05) is 31.3 Å². The van der Waals surface area contributed by atoms with E-state index in [1.165, 1.54) is 4.88 Å². The van der Waals surface area contributed by atoms with E-state index >= 15 is 0 Å². The number of halogens is 2. The van der Waals surface area contributed by atoms with Crippen LogP contribution in [0.1, 0.15) is 10.4 Å². The Morgan fingerprint density at radius 2 is 2.26 bits per heavy atom. The van der Waals surface area contributed by atoms with Gasteiger partial charge in [-0.05, 0) is 41.1 Å². The first kappa shape index (κ1) is 14.8. The molecule has 2 heterocycles. The Hall–Kier alpha value is -0.620. The van der Waals surface area contributed by atoms with Crippen LogP contribution in [0.25, 0.3) is 0 Å². The standard InChI is InChI=1S/C13H14BrClN2OS/c1-9-6-10(14)8-17(13(9)18)5-4-16-7-11-2-3-12(15)19-11/h2-3,6,8,16H,4-5,7H2,1H3. The molecule has 0 amide bonds. The van der Waals surface area contributed by atoms with Crippen molar-refractivity contribution in [2.24, 2.45) is 0 Å². The van der Waals surface area contributed by atoms with E-state index < -0.39 is 0 Å². The zero-order valence-corrected chi connectivity index (χ0v) is 13.6. The van der Waals surface area contributed by atoms with Gasteiger partial charge in [0, 0.05) is 40.7 Å². The van der Waals surface area contributed by atoms with Crippen molar-refractivity contribution in [1.29, 1.82) is 0 Å². The molecule has 0 aromatic carbocycles. The maximum absolute atomic E-state index is 11.9. The van der Waals surface area contributed by atoms with Crippen LogP contribution in [0.15, 0.2) is 33.7 Å². The summed E-state index contributed by atoms with van der Waals surface area (Å²) in [5.41, 5.74) is 0.809. The van der Waals surface area contributed by atoms with Gasteiger partial charge in [0.15, 0.2) is 0 Å². The summed E-state index contributed by atoms with van der Waals surface area (Å²) in [7, 11) is 0. The second kappa shape index (κ2) is 6.70. The summed E-state index contributed by atoms with van der Waals surface area (Å²) in [6.45, 7) is 3.99. The molecule has 0 aliphatic rings. The molecule has 102 valence electrons. The average Bonchev–Trinajstić information content (AvgIpc) is 2.76. The van der Waals surface area contributed by atoms with Gasteiger partial charge in [0.05, 0.1) is 4.34 Å². The van der Waals surface area contributed by atoms with Crippen LogP contribution in [-0.2, 0) is 13.1 Å². The first-order chi connectivity index (χ1) is 9.06. The number of rotatable bonds is 5. The summed E-state index contributed by atoms with van der Waals surface area (Å²) in [5, 5.41) is 3.31. The first-order valence-corrected chi connectivity index (χ1v) is 7.86. The molecule has 19 heavy (non-hydrogen) atoms. The Labute approximate surface area is 129 Å². The Balaban J connectivity index is 1.88. The van der Waals surface area contributed by atoms with E-state index in [0.717, 1.165) is 27.5 Å². The molecule has 2 rings (SSSR count). The Kier molecular flexibility index (Phi) is 5.21. The number of hydrogen-bond acceptors (Lipinski definition) is 3. The summed E-state index contributed by atoms with van der Waals surface area (Å²) in [6.07, 6.45) is 1.82. The lowest BCUT2D eigenvalue weighted by molar-refractivity contribution is 0.585. The second-order valence-electron chi connectivity index (χ2n) is 4.22. The predicted octanol–water partition coefficient (Wildman–Crippen LogP) is 3.42. The highest BCUT2D eigenvalue weighted by atomic mass is 79.9. The number of aromatic nitrogens is 1. The quantitative estimate of drug-likeness (QED) is 0.828. The molecule has 6 heteroatoms. The topological polar surface area (TPSA) is 34.0 Å². The van der Waals surface area contributed by atoms with E-state index in [4.69, 9.17) is 11.6 Å². The normalized spacial score (nSPS) is 10.9. The minimum atomic E-state index is 0.0594. The van der Waals surface area contributed by atoms with Crippen molar-refractivity contribution in [2.45, 2.75) is 20.0 Å². The van der Waals surface area contributed by atoms with Gasteiger partial charge >= 0.3 is 0 Å². The lowest BCUT2D eigenvalue weighted by Gasteiger charge is -2.08. The molecule has 1 N–H and O–H groups in total. The molecule has 3 nitrogen and oxygen atoms in total. The highest BCUT2D eigenvalue weighted by Crippen LogP contribution is 2.20. The maximum Gasteiger partial charge on any atom is 0.253 e.